The van der Waals surface area contributed by atoms with Gasteiger partial charge in [-0.2, -0.15) is 5.10 Å². The molecule has 4 nitrogen and oxygen atoms in total. The van der Waals surface area contributed by atoms with Crippen molar-refractivity contribution in [3.63, 3.8) is 0 Å². The van der Waals surface area contributed by atoms with Crippen LogP contribution in [0.1, 0.15) is 36.7 Å². The predicted molar refractivity (Wildman–Crippen MR) is 72.6 cm³/mol. The number of hydrogen-bond donors (Lipinski definition) is 1. The number of ether oxygens (including phenoxy) is 1. The molecule has 2 atom stereocenters. The van der Waals surface area contributed by atoms with Crippen LogP contribution in [0.3, 0.4) is 0 Å². The summed E-state index contributed by atoms with van der Waals surface area (Å²) in [7, 11) is 0. The summed E-state index contributed by atoms with van der Waals surface area (Å²) >= 11 is 0. The molecule has 1 aromatic rings. The van der Waals surface area contributed by atoms with Crippen LogP contribution in [0, 0.1) is 19.8 Å². The van der Waals surface area contributed by atoms with E-state index in [1.807, 2.05) is 0 Å². The van der Waals surface area contributed by atoms with Crippen LogP contribution in [0.25, 0.3) is 0 Å². The van der Waals surface area contributed by atoms with Crippen molar-refractivity contribution in [2.45, 2.75) is 52.6 Å². The average Bonchev–Trinajstić information content (AvgIpc) is 2.94. The summed E-state index contributed by atoms with van der Waals surface area (Å²) in [5.41, 5.74) is 9.81. The molecule has 2 rings (SSSR count). The SMILES string of the molecule is CCC(N)Cc1c(C)nn(CC2CCOC2)c1C. The quantitative estimate of drug-likeness (QED) is 0.868. The Morgan fingerprint density at radius 1 is 1.50 bits per heavy atom. The van der Waals surface area contributed by atoms with Crippen LogP contribution < -0.4 is 5.73 Å². The molecule has 2 N–H and O–H groups in total. The van der Waals surface area contributed by atoms with E-state index in [1.54, 1.807) is 0 Å². The van der Waals surface area contributed by atoms with Crippen molar-refractivity contribution in [1.29, 1.82) is 0 Å². The van der Waals surface area contributed by atoms with Crippen LogP contribution in [-0.4, -0.2) is 29.0 Å². The highest BCUT2D eigenvalue weighted by atomic mass is 16.5. The second-order valence-corrected chi connectivity index (χ2v) is 5.43. The van der Waals surface area contributed by atoms with Crippen LogP contribution >= 0.6 is 0 Å². The third kappa shape index (κ3) is 2.93. The third-order valence-corrected chi connectivity index (χ3v) is 3.98. The summed E-state index contributed by atoms with van der Waals surface area (Å²) in [6, 6.07) is 0.245. The summed E-state index contributed by atoms with van der Waals surface area (Å²) in [5.74, 6) is 0.621. The molecule has 102 valence electrons. The molecule has 0 aliphatic carbocycles. The van der Waals surface area contributed by atoms with Gasteiger partial charge in [-0.15, -0.1) is 0 Å². The Hall–Kier alpha value is -0.870. The molecule has 1 aliphatic rings. The fourth-order valence-corrected chi connectivity index (χ4v) is 2.59. The fraction of sp³-hybridized carbons (Fsp3) is 0.786. The monoisotopic (exact) mass is 251 g/mol. The minimum absolute atomic E-state index is 0.245. The van der Waals surface area contributed by atoms with Crippen molar-refractivity contribution >= 4 is 0 Å². The van der Waals surface area contributed by atoms with Crippen molar-refractivity contribution in [3.8, 4) is 0 Å². The smallest absolute Gasteiger partial charge is 0.0629 e. The van der Waals surface area contributed by atoms with Gasteiger partial charge in [-0.1, -0.05) is 6.92 Å². The second kappa shape index (κ2) is 5.85. The van der Waals surface area contributed by atoms with Gasteiger partial charge in [-0.25, -0.2) is 0 Å². The summed E-state index contributed by atoms with van der Waals surface area (Å²) in [5, 5.41) is 4.67. The number of nitrogens with two attached hydrogens (primary N) is 1. The zero-order valence-electron chi connectivity index (χ0n) is 11.8. The van der Waals surface area contributed by atoms with Crippen LogP contribution in [0.15, 0.2) is 0 Å². The van der Waals surface area contributed by atoms with Crippen molar-refractivity contribution in [1.82, 2.24) is 9.78 Å². The summed E-state index contributed by atoms with van der Waals surface area (Å²) < 4.78 is 7.57. The fourth-order valence-electron chi connectivity index (χ4n) is 2.59. The molecule has 1 aromatic heterocycles. The number of aromatic nitrogens is 2. The number of hydrogen-bond acceptors (Lipinski definition) is 3. The Balaban J connectivity index is 2.09. The van der Waals surface area contributed by atoms with Gasteiger partial charge in [-0.05, 0) is 38.7 Å². The molecule has 0 saturated carbocycles. The van der Waals surface area contributed by atoms with Gasteiger partial charge >= 0.3 is 0 Å². The van der Waals surface area contributed by atoms with Gasteiger partial charge in [0.2, 0.25) is 0 Å². The van der Waals surface area contributed by atoms with Gasteiger partial charge in [0.1, 0.15) is 0 Å². The molecule has 0 radical (unpaired) electrons. The summed E-state index contributed by atoms with van der Waals surface area (Å²) in [6.07, 6.45) is 3.11. The molecular formula is C14H25N3O. The third-order valence-electron chi connectivity index (χ3n) is 3.98. The zero-order valence-corrected chi connectivity index (χ0v) is 11.8. The lowest BCUT2D eigenvalue weighted by molar-refractivity contribution is 0.181. The van der Waals surface area contributed by atoms with E-state index in [0.717, 1.165) is 44.7 Å². The highest BCUT2D eigenvalue weighted by Crippen LogP contribution is 2.20. The molecule has 0 bridgehead atoms. The minimum Gasteiger partial charge on any atom is -0.381 e. The molecule has 1 aliphatic heterocycles. The first-order valence-corrected chi connectivity index (χ1v) is 6.98. The Morgan fingerprint density at radius 2 is 2.28 bits per heavy atom. The maximum absolute atomic E-state index is 6.06. The molecule has 2 unspecified atom stereocenters. The molecule has 0 amide bonds. The topological polar surface area (TPSA) is 53.1 Å². The highest BCUT2D eigenvalue weighted by Gasteiger charge is 2.20. The first-order chi connectivity index (χ1) is 8.61. The molecule has 18 heavy (non-hydrogen) atoms. The van der Waals surface area contributed by atoms with Crippen molar-refractivity contribution in [3.05, 3.63) is 17.0 Å². The van der Waals surface area contributed by atoms with Crippen molar-refractivity contribution < 1.29 is 4.74 Å². The standard InChI is InChI=1S/C14H25N3O/c1-4-13(15)7-14-10(2)16-17(11(14)3)8-12-5-6-18-9-12/h12-13H,4-9,15H2,1-3H3. The lowest BCUT2D eigenvalue weighted by Crippen LogP contribution is -2.22. The lowest BCUT2D eigenvalue weighted by Gasteiger charge is -2.11. The van der Waals surface area contributed by atoms with Crippen LogP contribution in [-0.2, 0) is 17.7 Å². The van der Waals surface area contributed by atoms with E-state index in [2.05, 4.69) is 30.6 Å². The maximum atomic E-state index is 6.06. The summed E-state index contributed by atoms with van der Waals surface area (Å²) in [6.45, 7) is 9.14. The molecule has 0 aromatic carbocycles. The Bertz CT molecular complexity index is 394. The zero-order chi connectivity index (χ0) is 13.1. The van der Waals surface area contributed by atoms with E-state index in [9.17, 15) is 0 Å². The van der Waals surface area contributed by atoms with Gasteiger partial charge < -0.3 is 10.5 Å². The van der Waals surface area contributed by atoms with Gasteiger partial charge in [0.05, 0.1) is 12.3 Å². The van der Waals surface area contributed by atoms with E-state index < -0.39 is 0 Å². The van der Waals surface area contributed by atoms with Crippen molar-refractivity contribution in [2.24, 2.45) is 11.7 Å². The van der Waals surface area contributed by atoms with Gasteiger partial charge in [0.25, 0.3) is 0 Å². The highest BCUT2D eigenvalue weighted by molar-refractivity contribution is 5.25. The molecule has 1 fully saturated rings. The molecule has 1 saturated heterocycles. The number of aryl methyl sites for hydroxylation is 1. The van der Waals surface area contributed by atoms with Gasteiger partial charge in [-0.3, -0.25) is 4.68 Å². The minimum atomic E-state index is 0.245. The predicted octanol–water partition coefficient (Wildman–Crippen LogP) is 1.82. The Labute approximate surface area is 110 Å². The second-order valence-electron chi connectivity index (χ2n) is 5.43. The molecule has 4 heteroatoms. The molecule has 2 heterocycles. The lowest BCUT2D eigenvalue weighted by atomic mass is 10.0. The first kappa shape index (κ1) is 13.6. The molecular weight excluding hydrogens is 226 g/mol. The average molecular weight is 251 g/mol. The summed E-state index contributed by atoms with van der Waals surface area (Å²) in [4.78, 5) is 0. The maximum Gasteiger partial charge on any atom is 0.0629 e. The van der Waals surface area contributed by atoms with Crippen molar-refractivity contribution in [2.75, 3.05) is 13.2 Å². The first-order valence-electron chi connectivity index (χ1n) is 6.98. The Morgan fingerprint density at radius 3 is 2.89 bits per heavy atom. The van der Waals surface area contributed by atoms with Crippen LogP contribution in [0.2, 0.25) is 0 Å². The van der Waals surface area contributed by atoms with E-state index in [1.165, 1.54) is 11.3 Å². The number of rotatable bonds is 5. The van der Waals surface area contributed by atoms with E-state index in [-0.39, 0.29) is 6.04 Å². The van der Waals surface area contributed by atoms with E-state index in [4.69, 9.17) is 10.5 Å². The van der Waals surface area contributed by atoms with E-state index in [0.29, 0.717) is 5.92 Å². The van der Waals surface area contributed by atoms with Gasteiger partial charge in [0, 0.05) is 30.8 Å². The van der Waals surface area contributed by atoms with Crippen LogP contribution in [0.4, 0.5) is 0 Å². The molecule has 0 spiro atoms. The largest absolute Gasteiger partial charge is 0.381 e. The van der Waals surface area contributed by atoms with Gasteiger partial charge in [0.15, 0.2) is 0 Å². The normalized spacial score (nSPS) is 21.4. The Kier molecular flexibility index (Phi) is 4.40. The van der Waals surface area contributed by atoms with Crippen LogP contribution in [0.5, 0.6) is 0 Å². The number of nitrogens with zero attached hydrogens (tertiary/aromatic N) is 2. The van der Waals surface area contributed by atoms with E-state index >= 15 is 0 Å².